The maximum absolute atomic E-state index is 12.9. The zero-order valence-electron chi connectivity index (χ0n) is 46.6. The minimum absolute atomic E-state index is 0.132. The monoisotopic (exact) mass is 1000 g/mol. The molecule has 0 rings (SSSR count). The smallest absolute Gasteiger partial charge is 0.306 e. The van der Waals surface area contributed by atoms with E-state index in [-0.39, 0.29) is 44.0 Å². The quantitative estimate of drug-likeness (QED) is 0.0261. The van der Waals surface area contributed by atoms with Crippen LogP contribution in [0.15, 0.2) is 158 Å². The summed E-state index contributed by atoms with van der Waals surface area (Å²) in [5.41, 5.74) is 0. The molecule has 0 N–H and O–H groups in total. The fourth-order valence-corrected chi connectivity index (χ4v) is 7.22. The molecule has 73 heavy (non-hydrogen) atoms. The minimum atomic E-state index is -0.839. The van der Waals surface area contributed by atoms with Gasteiger partial charge in [0, 0.05) is 19.3 Å². The minimum Gasteiger partial charge on any atom is -0.462 e. The predicted molar refractivity (Wildman–Crippen MR) is 315 cm³/mol. The fraction of sp³-hybridized carbons (Fsp3) is 0.567. The van der Waals surface area contributed by atoms with Gasteiger partial charge in [0.05, 0.1) is 0 Å². The van der Waals surface area contributed by atoms with Crippen LogP contribution in [0.2, 0.25) is 0 Å². The van der Waals surface area contributed by atoms with Crippen LogP contribution in [0.4, 0.5) is 0 Å². The van der Waals surface area contributed by atoms with E-state index in [1.54, 1.807) is 0 Å². The van der Waals surface area contributed by atoms with Crippen molar-refractivity contribution >= 4 is 17.9 Å². The third-order valence-corrected chi connectivity index (χ3v) is 11.5. The zero-order valence-corrected chi connectivity index (χ0v) is 46.6. The first-order valence-corrected chi connectivity index (χ1v) is 29.0. The maximum atomic E-state index is 12.9. The summed E-state index contributed by atoms with van der Waals surface area (Å²) in [6, 6.07) is 0. The first kappa shape index (κ1) is 68.0. The summed E-state index contributed by atoms with van der Waals surface area (Å²) < 4.78 is 16.8. The molecule has 0 radical (unpaired) electrons. The molecule has 0 aromatic rings. The lowest BCUT2D eigenvalue weighted by atomic mass is 10.1. The van der Waals surface area contributed by atoms with Gasteiger partial charge in [0.25, 0.3) is 0 Å². The summed E-state index contributed by atoms with van der Waals surface area (Å²) in [7, 11) is 0. The van der Waals surface area contributed by atoms with Crippen molar-refractivity contribution in [3.8, 4) is 0 Å². The first-order chi connectivity index (χ1) is 36.0. The van der Waals surface area contributed by atoms with E-state index in [0.29, 0.717) is 19.3 Å². The maximum Gasteiger partial charge on any atom is 0.306 e. The molecule has 408 valence electrons. The van der Waals surface area contributed by atoms with Gasteiger partial charge in [0.1, 0.15) is 13.2 Å². The van der Waals surface area contributed by atoms with Crippen molar-refractivity contribution in [2.24, 2.45) is 0 Å². The van der Waals surface area contributed by atoms with Crippen molar-refractivity contribution in [1.29, 1.82) is 0 Å². The van der Waals surface area contributed by atoms with E-state index >= 15 is 0 Å². The second-order valence-corrected chi connectivity index (χ2v) is 18.4. The van der Waals surface area contributed by atoms with E-state index in [9.17, 15) is 14.4 Å². The normalized spacial score (nSPS) is 13.3. The van der Waals surface area contributed by atoms with Crippen molar-refractivity contribution in [2.45, 2.75) is 232 Å². The number of esters is 3. The standard InChI is InChI=1S/C67H104O6/c1-4-7-10-13-16-19-22-25-28-31-33-36-39-42-45-48-51-54-57-60-66(69)72-63-64(62-71-65(68)59-56-53-50-47-44-41-38-35-30-27-24-21-18-15-12-9-6-3)73-67(70)61-58-55-52-49-46-43-40-37-34-32-29-26-23-20-17-14-11-8-5-2/h7-8,10-11,16-17,19-20,25-30,33-34,36-38,41-43,45-47,50,64H,4-6,9,12-15,18,21-24,31-32,35,39-40,44,48-49,51-63H2,1-3H3/b10-7-,11-8-,19-16-,20-17-,28-25-,29-26-,30-27-,36-33-,37-34-,41-38-,45-42-,46-43-,50-47-. The van der Waals surface area contributed by atoms with Crippen LogP contribution >= 0.6 is 0 Å². The molecule has 0 fully saturated rings. The molecule has 0 aromatic carbocycles. The average molecular weight is 1010 g/mol. The van der Waals surface area contributed by atoms with Crippen LogP contribution in [0.3, 0.4) is 0 Å². The van der Waals surface area contributed by atoms with E-state index in [4.69, 9.17) is 14.2 Å². The Morgan fingerprint density at radius 2 is 0.548 bits per heavy atom. The Morgan fingerprint density at radius 3 is 0.890 bits per heavy atom. The van der Waals surface area contributed by atoms with Crippen molar-refractivity contribution in [2.75, 3.05) is 13.2 Å². The lowest BCUT2D eigenvalue weighted by Crippen LogP contribution is -2.30. The molecule has 0 amide bonds. The number of carbonyl (C=O) groups excluding carboxylic acids is 3. The third-order valence-electron chi connectivity index (χ3n) is 11.5. The number of unbranched alkanes of at least 4 members (excludes halogenated alkanes) is 13. The van der Waals surface area contributed by atoms with Crippen LogP contribution in [-0.4, -0.2) is 37.2 Å². The summed E-state index contributed by atoms with van der Waals surface area (Å²) in [5.74, 6) is -1.06. The molecule has 0 aliphatic carbocycles. The highest BCUT2D eigenvalue weighted by molar-refractivity contribution is 5.71. The predicted octanol–water partition coefficient (Wildman–Crippen LogP) is 19.8. The second kappa shape index (κ2) is 59.6. The van der Waals surface area contributed by atoms with Crippen LogP contribution < -0.4 is 0 Å². The molecule has 1 atom stereocenters. The molecule has 0 aliphatic heterocycles. The molecular formula is C67H104O6. The largest absolute Gasteiger partial charge is 0.462 e. The number of carbonyl (C=O) groups is 3. The lowest BCUT2D eigenvalue weighted by molar-refractivity contribution is -0.167. The van der Waals surface area contributed by atoms with Gasteiger partial charge in [0.2, 0.25) is 0 Å². The molecule has 0 aliphatic rings. The molecule has 0 saturated carbocycles. The summed E-state index contributed by atoms with van der Waals surface area (Å²) >= 11 is 0. The first-order valence-electron chi connectivity index (χ1n) is 29.0. The molecule has 0 saturated heterocycles. The Morgan fingerprint density at radius 1 is 0.288 bits per heavy atom. The number of allylic oxidation sites excluding steroid dienone is 26. The Kier molecular flexibility index (Phi) is 55.5. The fourth-order valence-electron chi connectivity index (χ4n) is 7.22. The van der Waals surface area contributed by atoms with Crippen LogP contribution in [0.25, 0.3) is 0 Å². The highest BCUT2D eigenvalue weighted by atomic mass is 16.6. The summed E-state index contributed by atoms with van der Waals surface area (Å²) in [5, 5.41) is 0. The summed E-state index contributed by atoms with van der Waals surface area (Å²) in [6.45, 7) is 6.29. The molecular weight excluding hydrogens is 901 g/mol. The molecule has 0 spiro atoms. The molecule has 0 bridgehead atoms. The van der Waals surface area contributed by atoms with Gasteiger partial charge in [-0.05, 0) is 141 Å². The summed E-state index contributed by atoms with van der Waals surface area (Å²) in [4.78, 5) is 38.2. The highest BCUT2D eigenvalue weighted by Gasteiger charge is 2.19. The van der Waals surface area contributed by atoms with Gasteiger partial charge in [-0.1, -0.05) is 224 Å². The van der Waals surface area contributed by atoms with E-state index < -0.39 is 6.10 Å². The SMILES string of the molecule is CC/C=C\C/C=C\C/C=C\C/C=C\C/C=C\CCCCCC(=O)OCC(COC(=O)CCC/C=C\C/C=C\C/C=C\CCCCCCCC)OC(=O)CCCCC/C=C\C/C=C\C/C=C\C/C=C\C/C=C\CC. The van der Waals surface area contributed by atoms with E-state index in [2.05, 4.69) is 179 Å². The van der Waals surface area contributed by atoms with Crippen LogP contribution in [0, 0.1) is 0 Å². The Hall–Kier alpha value is -4.97. The zero-order chi connectivity index (χ0) is 52.9. The Bertz CT molecular complexity index is 1670. The lowest BCUT2D eigenvalue weighted by Gasteiger charge is -2.18. The molecule has 6 heteroatoms. The number of rotatable bonds is 50. The van der Waals surface area contributed by atoms with Gasteiger partial charge in [-0.3, -0.25) is 14.4 Å². The van der Waals surface area contributed by atoms with Gasteiger partial charge in [0.15, 0.2) is 6.10 Å². The van der Waals surface area contributed by atoms with Crippen LogP contribution in [0.1, 0.15) is 226 Å². The van der Waals surface area contributed by atoms with Gasteiger partial charge in [-0.15, -0.1) is 0 Å². The number of hydrogen-bond donors (Lipinski definition) is 0. The molecule has 0 heterocycles. The average Bonchev–Trinajstić information content (AvgIpc) is 3.39. The van der Waals surface area contributed by atoms with Crippen molar-refractivity contribution in [3.63, 3.8) is 0 Å². The van der Waals surface area contributed by atoms with Gasteiger partial charge < -0.3 is 14.2 Å². The number of hydrogen-bond acceptors (Lipinski definition) is 6. The van der Waals surface area contributed by atoms with E-state index in [0.717, 1.165) is 128 Å². The van der Waals surface area contributed by atoms with Gasteiger partial charge in [-0.2, -0.15) is 0 Å². The van der Waals surface area contributed by atoms with Crippen molar-refractivity contribution < 1.29 is 28.6 Å². The molecule has 6 nitrogen and oxygen atoms in total. The highest BCUT2D eigenvalue weighted by Crippen LogP contribution is 2.11. The number of ether oxygens (including phenoxy) is 3. The summed E-state index contributed by atoms with van der Waals surface area (Å²) in [6.07, 6.45) is 86.6. The Labute approximate surface area is 448 Å². The van der Waals surface area contributed by atoms with Crippen LogP contribution in [0.5, 0.6) is 0 Å². The molecule has 1 unspecified atom stereocenters. The van der Waals surface area contributed by atoms with Gasteiger partial charge in [-0.25, -0.2) is 0 Å². The van der Waals surface area contributed by atoms with Crippen molar-refractivity contribution in [1.82, 2.24) is 0 Å². The van der Waals surface area contributed by atoms with E-state index in [1.807, 2.05) is 0 Å². The third kappa shape index (κ3) is 57.8. The topological polar surface area (TPSA) is 78.9 Å². The van der Waals surface area contributed by atoms with E-state index in [1.165, 1.54) is 44.9 Å². The Balaban J connectivity index is 4.62. The van der Waals surface area contributed by atoms with Crippen LogP contribution in [-0.2, 0) is 28.6 Å². The second-order valence-electron chi connectivity index (χ2n) is 18.4. The molecule has 0 aromatic heterocycles. The van der Waals surface area contributed by atoms with Gasteiger partial charge >= 0.3 is 17.9 Å². The van der Waals surface area contributed by atoms with Crippen molar-refractivity contribution in [3.05, 3.63) is 158 Å².